The minimum Gasteiger partial charge on any atom is -0.478 e. The van der Waals surface area contributed by atoms with Crippen LogP contribution in [-0.4, -0.2) is 11.1 Å². The van der Waals surface area contributed by atoms with Gasteiger partial charge in [-0.15, -0.1) is 0 Å². The third kappa shape index (κ3) is 1.38. The van der Waals surface area contributed by atoms with Gasteiger partial charge in [-0.3, -0.25) is 0 Å². The molecule has 1 aromatic rings. The Hall–Kier alpha value is -1.82. The lowest BCUT2D eigenvalue weighted by Crippen LogP contribution is -2.15. The number of hydrogen-bond acceptors (Lipinski definition) is 2. The second-order valence-corrected chi connectivity index (χ2v) is 4.17. The molecule has 0 saturated heterocycles. The van der Waals surface area contributed by atoms with Gasteiger partial charge in [0.2, 0.25) is 0 Å². The van der Waals surface area contributed by atoms with Gasteiger partial charge in [0, 0.05) is 5.56 Å². The molecular weight excluding hydrogens is 249 g/mol. The quantitative estimate of drug-likeness (QED) is 0.840. The Balaban J connectivity index is 2.18. The van der Waals surface area contributed by atoms with E-state index in [0.29, 0.717) is 5.56 Å². The molecule has 0 saturated carbocycles. The van der Waals surface area contributed by atoms with Crippen LogP contribution in [0.3, 0.4) is 0 Å². The number of fused-ring (bicyclic) bond motifs is 5. The number of halogens is 3. The molecule has 2 aliphatic heterocycles. The molecule has 3 rings (SSSR count). The molecule has 2 heterocycles. The summed E-state index contributed by atoms with van der Waals surface area (Å²) in [7, 11) is 0. The Kier molecular flexibility index (Phi) is 2.10. The van der Waals surface area contributed by atoms with Crippen LogP contribution in [0.15, 0.2) is 29.8 Å². The Morgan fingerprint density at radius 3 is 2.67 bits per heavy atom. The van der Waals surface area contributed by atoms with Gasteiger partial charge in [-0.05, 0) is 17.7 Å². The topological polar surface area (TPSA) is 46.5 Å². The lowest BCUT2D eigenvalue weighted by Gasteiger charge is -2.17. The maximum Gasteiger partial charge on any atom is 0.416 e. The minimum atomic E-state index is -4.51. The Bertz CT molecular complexity index is 574. The number of rotatable bonds is 1. The van der Waals surface area contributed by atoms with Crippen LogP contribution in [0.5, 0.6) is 0 Å². The molecule has 0 fully saturated rings. The lowest BCUT2D eigenvalue weighted by atomic mass is 9.88. The Morgan fingerprint density at radius 1 is 1.33 bits per heavy atom. The highest BCUT2D eigenvalue weighted by Gasteiger charge is 2.47. The molecule has 2 unspecified atom stereocenters. The first-order valence-corrected chi connectivity index (χ1v) is 5.20. The van der Waals surface area contributed by atoms with Crippen molar-refractivity contribution < 1.29 is 27.8 Å². The molecule has 2 atom stereocenters. The summed E-state index contributed by atoms with van der Waals surface area (Å²) in [4.78, 5) is 10.9. The van der Waals surface area contributed by atoms with E-state index >= 15 is 0 Å². The first-order chi connectivity index (χ1) is 8.39. The summed E-state index contributed by atoms with van der Waals surface area (Å²) >= 11 is 0. The van der Waals surface area contributed by atoms with Crippen molar-refractivity contribution >= 4 is 5.97 Å². The zero-order chi connectivity index (χ0) is 13.1. The van der Waals surface area contributed by atoms with E-state index in [1.807, 2.05) is 0 Å². The van der Waals surface area contributed by atoms with Crippen LogP contribution >= 0.6 is 0 Å². The molecule has 2 aliphatic rings. The highest BCUT2D eigenvalue weighted by Crippen LogP contribution is 2.53. The van der Waals surface area contributed by atoms with E-state index in [0.717, 1.165) is 6.07 Å². The third-order valence-electron chi connectivity index (χ3n) is 3.16. The van der Waals surface area contributed by atoms with Crippen LogP contribution in [-0.2, 0) is 15.7 Å². The van der Waals surface area contributed by atoms with Gasteiger partial charge in [0.15, 0.2) is 0 Å². The number of alkyl halides is 3. The first kappa shape index (κ1) is 11.3. The Morgan fingerprint density at radius 2 is 2.06 bits per heavy atom. The average molecular weight is 256 g/mol. The fourth-order valence-corrected chi connectivity index (χ4v) is 2.45. The summed E-state index contributed by atoms with van der Waals surface area (Å²) in [6, 6.07) is 3.78. The van der Waals surface area contributed by atoms with E-state index in [9.17, 15) is 18.0 Å². The maximum absolute atomic E-state index is 12.9. The lowest BCUT2D eigenvalue weighted by molar-refractivity contribution is -0.140. The molecule has 18 heavy (non-hydrogen) atoms. The number of hydrogen-bond donors (Lipinski definition) is 1. The number of benzene rings is 1. The SMILES string of the molecule is O=C(O)C1=CC2OC1c1c2cccc1C(F)(F)F. The molecule has 0 amide bonds. The van der Waals surface area contributed by atoms with Gasteiger partial charge in [-0.1, -0.05) is 12.1 Å². The molecule has 94 valence electrons. The molecular formula is C12H7F3O3. The Labute approximate surface area is 99.5 Å². The number of aliphatic carboxylic acids is 1. The van der Waals surface area contributed by atoms with Crippen molar-refractivity contribution in [1.29, 1.82) is 0 Å². The molecule has 0 radical (unpaired) electrons. The fraction of sp³-hybridized carbons (Fsp3) is 0.250. The maximum atomic E-state index is 12.9. The van der Waals surface area contributed by atoms with E-state index in [4.69, 9.17) is 9.84 Å². The van der Waals surface area contributed by atoms with Crippen LogP contribution in [0.2, 0.25) is 0 Å². The molecule has 1 aromatic carbocycles. The van der Waals surface area contributed by atoms with E-state index in [1.54, 1.807) is 0 Å². The minimum absolute atomic E-state index is 0.0603. The predicted molar refractivity (Wildman–Crippen MR) is 53.7 cm³/mol. The van der Waals surface area contributed by atoms with Gasteiger partial charge in [0.1, 0.15) is 12.2 Å². The van der Waals surface area contributed by atoms with E-state index in [2.05, 4.69) is 0 Å². The fourth-order valence-electron chi connectivity index (χ4n) is 2.45. The third-order valence-corrected chi connectivity index (χ3v) is 3.16. The van der Waals surface area contributed by atoms with Crippen LogP contribution in [0.1, 0.15) is 28.9 Å². The van der Waals surface area contributed by atoms with Crippen molar-refractivity contribution in [3.63, 3.8) is 0 Å². The first-order valence-electron chi connectivity index (χ1n) is 5.20. The number of carboxylic acid groups (broad SMARTS) is 1. The predicted octanol–water partition coefficient (Wildman–Crippen LogP) is 2.84. The largest absolute Gasteiger partial charge is 0.478 e. The molecule has 2 bridgehead atoms. The summed E-state index contributed by atoms with van der Waals surface area (Å²) in [5, 5.41) is 8.93. The summed E-state index contributed by atoms with van der Waals surface area (Å²) in [5.41, 5.74) is -0.599. The summed E-state index contributed by atoms with van der Waals surface area (Å²) in [6.45, 7) is 0. The molecule has 6 heteroatoms. The van der Waals surface area contributed by atoms with Crippen LogP contribution in [0.25, 0.3) is 0 Å². The van der Waals surface area contributed by atoms with Gasteiger partial charge >= 0.3 is 12.1 Å². The summed E-state index contributed by atoms with van der Waals surface area (Å²) in [6.07, 6.45) is -4.95. The van der Waals surface area contributed by atoms with Gasteiger partial charge in [0.05, 0.1) is 11.1 Å². The van der Waals surface area contributed by atoms with Crippen molar-refractivity contribution in [1.82, 2.24) is 0 Å². The van der Waals surface area contributed by atoms with E-state index in [-0.39, 0.29) is 11.1 Å². The van der Waals surface area contributed by atoms with Gasteiger partial charge in [-0.25, -0.2) is 4.79 Å². The van der Waals surface area contributed by atoms with Crippen molar-refractivity contribution in [3.8, 4) is 0 Å². The molecule has 0 aromatic heterocycles. The smallest absolute Gasteiger partial charge is 0.416 e. The summed E-state index contributed by atoms with van der Waals surface area (Å²) in [5.74, 6) is -1.25. The second-order valence-electron chi connectivity index (χ2n) is 4.17. The van der Waals surface area contributed by atoms with Crippen molar-refractivity contribution in [2.24, 2.45) is 0 Å². The van der Waals surface area contributed by atoms with Gasteiger partial charge in [0.25, 0.3) is 0 Å². The zero-order valence-corrected chi connectivity index (χ0v) is 8.86. The monoisotopic (exact) mass is 256 g/mol. The van der Waals surface area contributed by atoms with Crippen LogP contribution in [0.4, 0.5) is 13.2 Å². The number of carboxylic acids is 1. The number of ether oxygens (including phenoxy) is 1. The second kappa shape index (κ2) is 3.35. The zero-order valence-electron chi connectivity index (χ0n) is 8.86. The molecule has 1 N–H and O–H groups in total. The average Bonchev–Trinajstić information content (AvgIpc) is 2.85. The highest BCUT2D eigenvalue weighted by atomic mass is 19.4. The standard InChI is InChI=1S/C12H7F3O3/c13-12(14,15)7-3-1-2-5-8-4-6(11(16)17)10(18-8)9(5)7/h1-4,8,10H,(H,16,17). The highest BCUT2D eigenvalue weighted by molar-refractivity contribution is 5.90. The van der Waals surface area contributed by atoms with E-state index < -0.39 is 29.9 Å². The van der Waals surface area contributed by atoms with Crippen molar-refractivity contribution in [3.05, 3.63) is 46.5 Å². The molecule has 0 aliphatic carbocycles. The van der Waals surface area contributed by atoms with Gasteiger partial charge in [-0.2, -0.15) is 13.2 Å². The van der Waals surface area contributed by atoms with Crippen molar-refractivity contribution in [2.75, 3.05) is 0 Å². The van der Waals surface area contributed by atoms with Gasteiger partial charge < -0.3 is 9.84 Å². The molecule has 3 nitrogen and oxygen atoms in total. The van der Waals surface area contributed by atoms with Crippen LogP contribution in [0, 0.1) is 0 Å². The van der Waals surface area contributed by atoms with E-state index in [1.165, 1.54) is 18.2 Å². The number of carbonyl (C=O) groups is 1. The van der Waals surface area contributed by atoms with Crippen LogP contribution < -0.4 is 0 Å². The summed E-state index contributed by atoms with van der Waals surface area (Å²) < 4.78 is 43.9. The normalized spacial score (nSPS) is 24.9. The van der Waals surface area contributed by atoms with Crippen molar-refractivity contribution in [2.45, 2.75) is 18.4 Å². The molecule has 0 spiro atoms.